The highest BCUT2D eigenvalue weighted by atomic mass is 16.5. The minimum absolute atomic E-state index is 0.647. The van der Waals surface area contributed by atoms with Gasteiger partial charge in [-0.25, -0.2) is 0 Å². The van der Waals surface area contributed by atoms with Crippen LogP contribution in [0.4, 0.5) is 5.69 Å². The molecular formula is C18H30N2O. The van der Waals surface area contributed by atoms with E-state index in [0.29, 0.717) is 6.04 Å². The average Bonchev–Trinajstić information content (AvgIpc) is 2.49. The van der Waals surface area contributed by atoms with Gasteiger partial charge in [0.05, 0.1) is 0 Å². The molecule has 1 N–H and O–H groups in total. The summed E-state index contributed by atoms with van der Waals surface area (Å²) in [5, 5.41) is 3.66. The largest absolute Gasteiger partial charge is 0.492 e. The van der Waals surface area contributed by atoms with Crippen molar-refractivity contribution in [3.63, 3.8) is 0 Å². The standard InChI is InChI=1S/C18H30N2O/c1-4-15-5-7-16(8-6-15)19-17-9-11-18(12-10-17)21-14-13-20(2)3/h9-12,15-16,19H,4-8,13-14H2,1-3H3. The number of likely N-dealkylation sites (N-methyl/N-ethyl adjacent to an activating group) is 1. The summed E-state index contributed by atoms with van der Waals surface area (Å²) in [6.07, 6.45) is 6.70. The molecule has 3 nitrogen and oxygen atoms in total. The SMILES string of the molecule is CCC1CCC(Nc2ccc(OCCN(C)C)cc2)CC1. The van der Waals surface area contributed by atoms with Crippen LogP contribution in [0.15, 0.2) is 24.3 Å². The molecule has 1 aliphatic carbocycles. The summed E-state index contributed by atoms with van der Waals surface area (Å²) in [5.74, 6) is 1.91. The molecule has 0 aromatic heterocycles. The molecule has 0 spiro atoms. The molecule has 1 fully saturated rings. The summed E-state index contributed by atoms with van der Waals surface area (Å²) in [5.41, 5.74) is 1.22. The zero-order valence-electron chi connectivity index (χ0n) is 13.8. The van der Waals surface area contributed by atoms with E-state index < -0.39 is 0 Å². The van der Waals surface area contributed by atoms with Crippen LogP contribution in [-0.4, -0.2) is 38.2 Å². The molecule has 2 rings (SSSR count). The van der Waals surface area contributed by atoms with Crippen molar-refractivity contribution in [2.24, 2.45) is 5.92 Å². The topological polar surface area (TPSA) is 24.5 Å². The number of nitrogens with zero attached hydrogens (tertiary/aromatic N) is 1. The Kier molecular flexibility index (Phi) is 6.37. The number of hydrogen-bond acceptors (Lipinski definition) is 3. The van der Waals surface area contributed by atoms with Gasteiger partial charge in [-0.15, -0.1) is 0 Å². The van der Waals surface area contributed by atoms with Gasteiger partial charge in [-0.05, 0) is 70.0 Å². The number of nitrogens with one attached hydrogen (secondary N) is 1. The molecule has 118 valence electrons. The van der Waals surface area contributed by atoms with Crippen LogP contribution in [0.2, 0.25) is 0 Å². The normalized spacial score (nSPS) is 22.3. The first-order chi connectivity index (χ1) is 10.2. The Bertz CT molecular complexity index is 394. The van der Waals surface area contributed by atoms with E-state index in [-0.39, 0.29) is 0 Å². The highest BCUT2D eigenvalue weighted by Gasteiger charge is 2.19. The maximum Gasteiger partial charge on any atom is 0.119 e. The second kappa shape index (κ2) is 8.28. The predicted octanol–water partition coefficient (Wildman–Crippen LogP) is 4.01. The molecule has 21 heavy (non-hydrogen) atoms. The Hall–Kier alpha value is -1.22. The van der Waals surface area contributed by atoms with Crippen molar-refractivity contribution in [2.75, 3.05) is 32.6 Å². The van der Waals surface area contributed by atoms with Gasteiger partial charge in [0.15, 0.2) is 0 Å². The molecule has 0 saturated heterocycles. The molecular weight excluding hydrogens is 260 g/mol. The lowest BCUT2D eigenvalue weighted by Crippen LogP contribution is -2.25. The van der Waals surface area contributed by atoms with Crippen molar-refractivity contribution < 1.29 is 4.74 Å². The molecule has 0 radical (unpaired) electrons. The lowest BCUT2D eigenvalue weighted by Gasteiger charge is -2.29. The van der Waals surface area contributed by atoms with Gasteiger partial charge in [-0.2, -0.15) is 0 Å². The Balaban J connectivity index is 1.74. The van der Waals surface area contributed by atoms with Crippen molar-refractivity contribution in [3.8, 4) is 5.75 Å². The van der Waals surface area contributed by atoms with Crippen LogP contribution in [0, 0.1) is 5.92 Å². The van der Waals surface area contributed by atoms with Crippen LogP contribution in [0.25, 0.3) is 0 Å². The minimum Gasteiger partial charge on any atom is -0.492 e. The summed E-state index contributed by atoms with van der Waals surface area (Å²) in [4.78, 5) is 2.13. The zero-order valence-corrected chi connectivity index (χ0v) is 13.8. The van der Waals surface area contributed by atoms with Gasteiger partial charge in [-0.1, -0.05) is 13.3 Å². The van der Waals surface area contributed by atoms with E-state index in [4.69, 9.17) is 4.74 Å². The van der Waals surface area contributed by atoms with E-state index in [1.54, 1.807) is 0 Å². The first kappa shape index (κ1) is 16.2. The van der Waals surface area contributed by atoms with Gasteiger partial charge in [0.25, 0.3) is 0 Å². The molecule has 0 unspecified atom stereocenters. The van der Waals surface area contributed by atoms with Gasteiger partial charge in [0, 0.05) is 18.3 Å². The summed E-state index contributed by atoms with van der Waals surface area (Å²) in [6.45, 7) is 3.99. The van der Waals surface area contributed by atoms with Crippen LogP contribution in [0.3, 0.4) is 0 Å². The molecule has 3 heteroatoms. The lowest BCUT2D eigenvalue weighted by atomic mass is 9.84. The molecule has 0 bridgehead atoms. The van der Waals surface area contributed by atoms with Crippen LogP contribution in [0.1, 0.15) is 39.0 Å². The summed E-state index contributed by atoms with van der Waals surface area (Å²) >= 11 is 0. The van der Waals surface area contributed by atoms with Crippen molar-refractivity contribution in [2.45, 2.75) is 45.1 Å². The first-order valence-corrected chi connectivity index (χ1v) is 8.31. The first-order valence-electron chi connectivity index (χ1n) is 8.31. The summed E-state index contributed by atoms with van der Waals surface area (Å²) in [7, 11) is 4.12. The lowest BCUT2D eigenvalue weighted by molar-refractivity contribution is 0.261. The van der Waals surface area contributed by atoms with Crippen molar-refractivity contribution in [1.82, 2.24) is 4.90 Å². The molecule has 0 heterocycles. The van der Waals surface area contributed by atoms with Gasteiger partial charge in [0.1, 0.15) is 12.4 Å². The number of hydrogen-bond donors (Lipinski definition) is 1. The predicted molar refractivity (Wildman–Crippen MR) is 90.2 cm³/mol. The second-order valence-electron chi connectivity index (χ2n) is 6.45. The van der Waals surface area contributed by atoms with Crippen LogP contribution < -0.4 is 10.1 Å². The molecule has 1 aliphatic rings. The van der Waals surface area contributed by atoms with E-state index in [2.05, 4.69) is 55.5 Å². The van der Waals surface area contributed by atoms with Crippen molar-refractivity contribution in [1.29, 1.82) is 0 Å². The quantitative estimate of drug-likeness (QED) is 0.821. The highest BCUT2D eigenvalue weighted by molar-refractivity contribution is 5.47. The molecule has 0 atom stereocenters. The third-order valence-electron chi connectivity index (χ3n) is 4.46. The van der Waals surface area contributed by atoms with Gasteiger partial charge >= 0.3 is 0 Å². The highest BCUT2D eigenvalue weighted by Crippen LogP contribution is 2.28. The molecule has 0 aliphatic heterocycles. The maximum atomic E-state index is 5.72. The minimum atomic E-state index is 0.647. The van der Waals surface area contributed by atoms with E-state index in [1.165, 1.54) is 37.8 Å². The Morgan fingerprint density at radius 2 is 1.76 bits per heavy atom. The fourth-order valence-electron chi connectivity index (χ4n) is 2.94. The maximum absolute atomic E-state index is 5.72. The van der Waals surface area contributed by atoms with Crippen molar-refractivity contribution in [3.05, 3.63) is 24.3 Å². The Morgan fingerprint density at radius 3 is 2.33 bits per heavy atom. The van der Waals surface area contributed by atoms with E-state index in [0.717, 1.165) is 24.8 Å². The third kappa shape index (κ3) is 5.58. The Labute approximate surface area is 129 Å². The third-order valence-corrected chi connectivity index (χ3v) is 4.46. The van der Waals surface area contributed by atoms with Gasteiger partial charge in [-0.3, -0.25) is 0 Å². The summed E-state index contributed by atoms with van der Waals surface area (Å²) in [6, 6.07) is 9.05. The molecule has 0 amide bonds. The summed E-state index contributed by atoms with van der Waals surface area (Å²) < 4.78 is 5.72. The number of ether oxygens (including phenoxy) is 1. The molecule has 1 aromatic carbocycles. The van der Waals surface area contributed by atoms with Crippen LogP contribution >= 0.6 is 0 Å². The van der Waals surface area contributed by atoms with Gasteiger partial charge < -0.3 is 15.0 Å². The van der Waals surface area contributed by atoms with E-state index in [9.17, 15) is 0 Å². The molecule has 1 saturated carbocycles. The average molecular weight is 290 g/mol. The van der Waals surface area contributed by atoms with Gasteiger partial charge in [0.2, 0.25) is 0 Å². The van der Waals surface area contributed by atoms with Crippen LogP contribution in [0.5, 0.6) is 5.75 Å². The second-order valence-corrected chi connectivity index (χ2v) is 6.45. The monoisotopic (exact) mass is 290 g/mol. The number of rotatable bonds is 7. The number of benzene rings is 1. The number of anilines is 1. The Morgan fingerprint density at radius 1 is 1.10 bits per heavy atom. The fraction of sp³-hybridized carbons (Fsp3) is 0.667. The van der Waals surface area contributed by atoms with E-state index >= 15 is 0 Å². The van der Waals surface area contributed by atoms with Crippen molar-refractivity contribution >= 4 is 5.69 Å². The fourth-order valence-corrected chi connectivity index (χ4v) is 2.94. The zero-order chi connectivity index (χ0) is 15.1. The van der Waals surface area contributed by atoms with Crippen LogP contribution in [-0.2, 0) is 0 Å². The smallest absolute Gasteiger partial charge is 0.119 e. The molecule has 1 aromatic rings. The van der Waals surface area contributed by atoms with E-state index in [1.807, 2.05) is 0 Å².